The van der Waals surface area contributed by atoms with Gasteiger partial charge in [-0.15, -0.1) is 26.8 Å². The molecule has 0 aliphatic heterocycles. The number of anilines is 2. The van der Waals surface area contributed by atoms with E-state index in [4.69, 9.17) is 27.2 Å². The molecule has 0 saturated heterocycles. The number of allylic oxidation sites excluding steroid dienone is 2. The van der Waals surface area contributed by atoms with Gasteiger partial charge in [0.2, 0.25) is 6.41 Å². The zero-order chi connectivity index (χ0) is 20.9. The molecule has 2 aromatic rings. The molecule has 1 aromatic carbocycles. The fourth-order valence-electron chi connectivity index (χ4n) is 2.32. The minimum atomic E-state index is -0.00337. The van der Waals surface area contributed by atoms with Crippen LogP contribution in [0.25, 0.3) is 5.57 Å². The van der Waals surface area contributed by atoms with E-state index in [2.05, 4.69) is 20.8 Å². The number of alkyl halides is 1. The molecule has 0 radical (unpaired) electrons. The minimum absolute atomic E-state index is 0.00337. The smallest absolute Gasteiger partial charge is 0.204 e. The average molecular weight is 443 g/mol. The summed E-state index contributed by atoms with van der Waals surface area (Å²) in [7, 11) is 1.77. The number of carbonyl (C=O) groups is 1. The summed E-state index contributed by atoms with van der Waals surface area (Å²) in [6, 6.07) is 5.39. The summed E-state index contributed by atoms with van der Waals surface area (Å²) in [5.74, 6) is 1.00. The van der Waals surface area contributed by atoms with E-state index in [1.165, 1.54) is 23.8 Å². The van der Waals surface area contributed by atoms with E-state index < -0.39 is 0 Å². The molecule has 1 heterocycles. The van der Waals surface area contributed by atoms with Crippen LogP contribution in [0.15, 0.2) is 24.3 Å². The van der Waals surface area contributed by atoms with Crippen LogP contribution in [-0.4, -0.2) is 30.9 Å². The molecule has 0 fully saturated rings. The molecule has 28 heavy (non-hydrogen) atoms. The number of amides is 1. The average Bonchev–Trinajstić information content (AvgIpc) is 3.13. The van der Waals surface area contributed by atoms with Crippen LogP contribution in [0.3, 0.4) is 0 Å². The third-order valence-corrected chi connectivity index (χ3v) is 5.28. The largest absolute Gasteiger partial charge is 0.372 e. The Balaban J connectivity index is 0.00000122. The van der Waals surface area contributed by atoms with Crippen molar-refractivity contribution in [2.45, 2.75) is 12.3 Å². The van der Waals surface area contributed by atoms with Crippen molar-refractivity contribution in [2.75, 3.05) is 17.1 Å². The third kappa shape index (κ3) is 6.32. The van der Waals surface area contributed by atoms with E-state index in [-0.39, 0.29) is 18.7 Å². The second-order valence-corrected chi connectivity index (χ2v) is 6.72. The molecule has 0 aliphatic carbocycles. The zero-order valence-corrected chi connectivity index (χ0v) is 17.3. The number of nitrogens with two attached hydrogens (primary N) is 1. The summed E-state index contributed by atoms with van der Waals surface area (Å²) in [6.45, 7) is 0. The summed E-state index contributed by atoms with van der Waals surface area (Å²) in [5, 5.41) is 19.1. The van der Waals surface area contributed by atoms with E-state index in [1.807, 2.05) is 12.1 Å². The molecular formula is C17H20ClFN6OS2. The Morgan fingerprint density at radius 3 is 2.71 bits per heavy atom. The van der Waals surface area contributed by atoms with E-state index in [0.29, 0.717) is 34.9 Å². The number of halogens is 2. The van der Waals surface area contributed by atoms with Gasteiger partial charge in [0.15, 0.2) is 12.3 Å². The lowest BCUT2D eigenvalue weighted by atomic mass is 10.0. The maximum atomic E-state index is 12.5. The molecule has 2 rings (SSSR count). The first-order valence-corrected chi connectivity index (χ1v) is 9.92. The van der Waals surface area contributed by atoms with Gasteiger partial charge in [0.05, 0.1) is 16.4 Å². The maximum absolute atomic E-state index is 12.5. The van der Waals surface area contributed by atoms with Crippen molar-refractivity contribution in [3.63, 3.8) is 0 Å². The Morgan fingerprint density at radius 1 is 1.46 bits per heavy atom. The van der Waals surface area contributed by atoms with E-state index in [0.717, 1.165) is 15.4 Å². The SMILES string of the molecule is CNc1nc(CCl)sc1/C(C=N)=C/Cc1cccc(NSF)c1C=N.NC=O. The molecule has 0 atom stereocenters. The molecule has 0 unspecified atom stereocenters. The van der Waals surface area contributed by atoms with Crippen LogP contribution < -0.4 is 15.8 Å². The van der Waals surface area contributed by atoms with Crippen molar-refractivity contribution in [2.24, 2.45) is 5.73 Å². The van der Waals surface area contributed by atoms with Crippen molar-refractivity contribution >= 4 is 71.2 Å². The summed E-state index contributed by atoms with van der Waals surface area (Å²) in [6.07, 6.45) is 5.12. The van der Waals surface area contributed by atoms with Crippen LogP contribution in [0.2, 0.25) is 0 Å². The molecule has 1 aromatic heterocycles. The van der Waals surface area contributed by atoms with E-state index in [1.54, 1.807) is 19.2 Å². The quantitative estimate of drug-likeness (QED) is 0.172. The molecule has 6 N–H and O–H groups in total. The van der Waals surface area contributed by atoms with Crippen LogP contribution in [0.4, 0.5) is 15.4 Å². The summed E-state index contributed by atoms with van der Waals surface area (Å²) in [4.78, 5) is 13.8. The Kier molecular flexibility index (Phi) is 10.8. The Labute approximate surface area is 176 Å². The number of nitrogens with one attached hydrogen (secondary N) is 4. The van der Waals surface area contributed by atoms with Gasteiger partial charge in [0.25, 0.3) is 0 Å². The standard InChI is InChI=1S/C16H17ClFN5S2.CH3NO/c1-21-16-15(24-14(7-17)22-16)11(8-19)6-5-10-3-2-4-13(23-25-18)12(10)9-20;2-1-3/h2-4,6,8-9,19-21,23H,5,7H2,1H3;1H,(H2,2,3)/b11-6+,19-8?,20-9?;. The lowest BCUT2D eigenvalue weighted by molar-refractivity contribution is -0.106. The Bertz CT molecular complexity index is 843. The molecule has 150 valence electrons. The third-order valence-electron chi connectivity index (χ3n) is 3.47. The number of rotatable bonds is 9. The monoisotopic (exact) mass is 442 g/mol. The second-order valence-electron chi connectivity index (χ2n) is 5.01. The van der Waals surface area contributed by atoms with Crippen LogP contribution in [-0.2, 0) is 17.1 Å². The lowest BCUT2D eigenvalue weighted by Crippen LogP contribution is -1.98. The van der Waals surface area contributed by atoms with Gasteiger partial charge in [-0.05, 0) is 18.1 Å². The van der Waals surface area contributed by atoms with E-state index in [9.17, 15) is 3.89 Å². The summed E-state index contributed by atoms with van der Waals surface area (Å²) in [5.41, 5.74) is 6.91. The number of hydrogen-bond acceptors (Lipinski definition) is 8. The number of aromatic nitrogens is 1. The van der Waals surface area contributed by atoms with Gasteiger partial charge in [-0.1, -0.05) is 18.2 Å². The number of primary amides is 1. The highest BCUT2D eigenvalue weighted by molar-refractivity contribution is 7.95. The number of carbonyl (C=O) groups excluding carboxylic acids is 1. The van der Waals surface area contributed by atoms with Crippen LogP contribution >= 0.6 is 35.3 Å². The van der Waals surface area contributed by atoms with Gasteiger partial charge in [0, 0.05) is 30.6 Å². The van der Waals surface area contributed by atoms with Crippen LogP contribution in [0.5, 0.6) is 0 Å². The van der Waals surface area contributed by atoms with Gasteiger partial charge >= 0.3 is 0 Å². The number of hydrogen-bond donors (Lipinski definition) is 5. The van der Waals surface area contributed by atoms with Crippen molar-refractivity contribution in [3.05, 3.63) is 45.3 Å². The van der Waals surface area contributed by atoms with Crippen molar-refractivity contribution in [1.29, 1.82) is 10.8 Å². The highest BCUT2D eigenvalue weighted by Gasteiger charge is 2.13. The normalized spacial score (nSPS) is 10.5. The Morgan fingerprint density at radius 2 is 2.18 bits per heavy atom. The highest BCUT2D eigenvalue weighted by Crippen LogP contribution is 2.31. The topological polar surface area (TPSA) is 128 Å². The number of nitrogens with zero attached hydrogens (tertiary/aromatic N) is 1. The molecule has 7 nitrogen and oxygen atoms in total. The summed E-state index contributed by atoms with van der Waals surface area (Å²) >= 11 is 7.29. The van der Waals surface area contributed by atoms with Crippen LogP contribution in [0, 0.1) is 10.8 Å². The molecule has 0 aliphatic rings. The van der Waals surface area contributed by atoms with Crippen molar-refractivity contribution in [1.82, 2.24) is 4.98 Å². The van der Waals surface area contributed by atoms with Crippen molar-refractivity contribution in [3.8, 4) is 0 Å². The number of benzene rings is 1. The zero-order valence-electron chi connectivity index (χ0n) is 15.0. The van der Waals surface area contributed by atoms with Gasteiger partial charge in [0.1, 0.15) is 10.8 Å². The molecule has 1 amide bonds. The molecule has 0 saturated carbocycles. The lowest BCUT2D eigenvalue weighted by Gasteiger charge is -2.09. The van der Waals surface area contributed by atoms with Gasteiger partial charge in [-0.3, -0.25) is 4.79 Å². The van der Waals surface area contributed by atoms with Crippen molar-refractivity contribution < 1.29 is 8.68 Å². The van der Waals surface area contributed by atoms with Gasteiger partial charge in [-0.25, -0.2) is 4.98 Å². The predicted octanol–water partition coefficient (Wildman–Crippen LogP) is 4.24. The molecule has 0 spiro atoms. The minimum Gasteiger partial charge on any atom is -0.372 e. The first-order chi connectivity index (χ1) is 13.6. The van der Waals surface area contributed by atoms with Crippen LogP contribution in [0.1, 0.15) is 21.0 Å². The Hall–Kier alpha value is -2.43. The second kappa shape index (κ2) is 12.9. The van der Waals surface area contributed by atoms with Gasteiger partial charge < -0.3 is 26.6 Å². The first kappa shape index (κ1) is 23.6. The molecular weight excluding hydrogens is 423 g/mol. The molecule has 11 heteroatoms. The van der Waals surface area contributed by atoms with E-state index >= 15 is 0 Å². The molecule has 0 bridgehead atoms. The highest BCUT2D eigenvalue weighted by atomic mass is 35.5. The number of thiazole rings is 1. The first-order valence-electron chi connectivity index (χ1n) is 7.85. The predicted molar refractivity (Wildman–Crippen MR) is 119 cm³/mol. The van der Waals surface area contributed by atoms with Gasteiger partial charge in [-0.2, -0.15) is 0 Å². The fraction of sp³-hybridized carbons (Fsp3) is 0.176. The fourth-order valence-corrected chi connectivity index (χ4v) is 3.73. The maximum Gasteiger partial charge on any atom is 0.204 e. The summed E-state index contributed by atoms with van der Waals surface area (Å²) < 4.78 is 15.0.